The van der Waals surface area contributed by atoms with Gasteiger partial charge in [0.25, 0.3) is 10.0 Å². The molecular formula is C21H16ClN3O4S. The second kappa shape index (κ2) is 8.17. The SMILES string of the molecule is COc1ccc(S(=O)(=O)Nc2cccc(-c3nnc(-c4ccccc4)o3)c2)cc1Cl. The van der Waals surface area contributed by atoms with E-state index in [-0.39, 0.29) is 15.8 Å². The number of rotatable bonds is 6. The third-order valence-electron chi connectivity index (χ3n) is 4.24. The lowest BCUT2D eigenvalue weighted by Crippen LogP contribution is -2.13. The van der Waals surface area contributed by atoms with Crippen molar-refractivity contribution in [3.63, 3.8) is 0 Å². The smallest absolute Gasteiger partial charge is 0.261 e. The van der Waals surface area contributed by atoms with Crippen molar-refractivity contribution in [3.8, 4) is 28.7 Å². The number of nitrogens with zero attached hydrogens (tertiary/aromatic N) is 2. The molecule has 1 aromatic heterocycles. The van der Waals surface area contributed by atoms with Gasteiger partial charge in [-0.2, -0.15) is 0 Å². The van der Waals surface area contributed by atoms with Gasteiger partial charge in [0, 0.05) is 16.8 Å². The molecule has 3 aromatic carbocycles. The lowest BCUT2D eigenvalue weighted by molar-refractivity contribution is 0.414. The summed E-state index contributed by atoms with van der Waals surface area (Å²) in [5.41, 5.74) is 1.72. The molecule has 0 aliphatic rings. The molecule has 0 unspecified atom stereocenters. The third-order valence-corrected chi connectivity index (χ3v) is 5.92. The Morgan fingerprint density at radius 3 is 2.30 bits per heavy atom. The van der Waals surface area contributed by atoms with E-state index in [1.807, 2.05) is 30.3 Å². The lowest BCUT2D eigenvalue weighted by Gasteiger charge is -2.10. The van der Waals surface area contributed by atoms with E-state index in [4.69, 9.17) is 20.8 Å². The minimum atomic E-state index is -3.85. The average molecular weight is 442 g/mol. The molecule has 1 heterocycles. The molecule has 0 radical (unpaired) electrons. The molecule has 4 aromatic rings. The normalized spacial score (nSPS) is 11.3. The summed E-state index contributed by atoms with van der Waals surface area (Å²) in [5.74, 6) is 1.05. The number of methoxy groups -OCH3 is 1. The number of aromatic nitrogens is 2. The maximum Gasteiger partial charge on any atom is 0.261 e. The van der Waals surface area contributed by atoms with Crippen molar-refractivity contribution < 1.29 is 17.6 Å². The lowest BCUT2D eigenvalue weighted by atomic mass is 10.2. The quantitative estimate of drug-likeness (QED) is 0.459. The molecule has 4 rings (SSSR count). The van der Waals surface area contributed by atoms with Crippen molar-refractivity contribution >= 4 is 27.3 Å². The summed E-state index contributed by atoms with van der Waals surface area (Å²) in [6, 6.07) is 20.3. The van der Waals surface area contributed by atoms with Crippen LogP contribution in [0, 0.1) is 0 Å². The Morgan fingerprint density at radius 1 is 0.900 bits per heavy atom. The van der Waals surface area contributed by atoms with Crippen molar-refractivity contribution in [1.82, 2.24) is 10.2 Å². The summed E-state index contributed by atoms with van der Waals surface area (Å²) in [6.07, 6.45) is 0. The summed E-state index contributed by atoms with van der Waals surface area (Å²) < 4.78 is 38.8. The van der Waals surface area contributed by atoms with Crippen LogP contribution in [-0.4, -0.2) is 25.7 Å². The number of anilines is 1. The van der Waals surface area contributed by atoms with Gasteiger partial charge in [-0.1, -0.05) is 35.9 Å². The average Bonchev–Trinajstić information content (AvgIpc) is 3.25. The molecule has 0 aliphatic heterocycles. The Labute approximate surface area is 178 Å². The molecule has 0 aliphatic carbocycles. The number of sulfonamides is 1. The van der Waals surface area contributed by atoms with Gasteiger partial charge in [0.1, 0.15) is 5.75 Å². The summed E-state index contributed by atoms with van der Waals surface area (Å²) in [4.78, 5) is 0.0165. The molecule has 0 atom stereocenters. The van der Waals surface area contributed by atoms with Crippen LogP contribution in [0.1, 0.15) is 0 Å². The minimum absolute atomic E-state index is 0.0165. The second-order valence-electron chi connectivity index (χ2n) is 6.26. The molecule has 0 spiro atoms. The van der Waals surface area contributed by atoms with Crippen molar-refractivity contribution in [2.24, 2.45) is 0 Å². The Kier molecular flexibility index (Phi) is 5.43. The van der Waals surface area contributed by atoms with Crippen LogP contribution in [0.3, 0.4) is 0 Å². The molecule has 152 valence electrons. The van der Waals surface area contributed by atoms with E-state index in [1.165, 1.54) is 25.3 Å². The number of halogens is 1. The van der Waals surface area contributed by atoms with E-state index in [2.05, 4.69) is 14.9 Å². The predicted octanol–water partition coefficient (Wildman–Crippen LogP) is 4.87. The van der Waals surface area contributed by atoms with Gasteiger partial charge in [-0.3, -0.25) is 4.72 Å². The predicted molar refractivity (Wildman–Crippen MR) is 114 cm³/mol. The minimum Gasteiger partial charge on any atom is -0.495 e. The van der Waals surface area contributed by atoms with E-state index in [0.29, 0.717) is 22.9 Å². The highest BCUT2D eigenvalue weighted by Crippen LogP contribution is 2.29. The van der Waals surface area contributed by atoms with Gasteiger partial charge in [0.15, 0.2) is 0 Å². The Balaban J connectivity index is 1.60. The highest BCUT2D eigenvalue weighted by Gasteiger charge is 2.17. The molecular weight excluding hydrogens is 426 g/mol. The summed E-state index contributed by atoms with van der Waals surface area (Å²) in [5, 5.41) is 8.33. The summed E-state index contributed by atoms with van der Waals surface area (Å²) in [6.45, 7) is 0. The van der Waals surface area contributed by atoms with Gasteiger partial charge < -0.3 is 9.15 Å². The Hall–Kier alpha value is -3.36. The van der Waals surface area contributed by atoms with Gasteiger partial charge >= 0.3 is 0 Å². The maximum absolute atomic E-state index is 12.7. The van der Waals surface area contributed by atoms with Crippen LogP contribution in [0.5, 0.6) is 5.75 Å². The first-order valence-corrected chi connectivity index (χ1v) is 10.7. The van der Waals surface area contributed by atoms with Crippen LogP contribution < -0.4 is 9.46 Å². The Bertz CT molecular complexity index is 1290. The van der Waals surface area contributed by atoms with Crippen LogP contribution >= 0.6 is 11.6 Å². The summed E-state index contributed by atoms with van der Waals surface area (Å²) >= 11 is 6.05. The van der Waals surface area contributed by atoms with E-state index >= 15 is 0 Å². The number of hydrogen-bond donors (Lipinski definition) is 1. The number of nitrogens with one attached hydrogen (secondary N) is 1. The third kappa shape index (κ3) is 4.14. The molecule has 7 nitrogen and oxygen atoms in total. The highest BCUT2D eigenvalue weighted by molar-refractivity contribution is 7.92. The van der Waals surface area contributed by atoms with Gasteiger partial charge in [0.05, 0.1) is 17.0 Å². The topological polar surface area (TPSA) is 94.3 Å². The molecule has 30 heavy (non-hydrogen) atoms. The van der Waals surface area contributed by atoms with Crippen LogP contribution in [0.4, 0.5) is 5.69 Å². The van der Waals surface area contributed by atoms with Gasteiger partial charge in [-0.05, 0) is 48.5 Å². The van der Waals surface area contributed by atoms with Gasteiger partial charge in [0.2, 0.25) is 11.8 Å². The second-order valence-corrected chi connectivity index (χ2v) is 8.35. The van der Waals surface area contributed by atoms with Crippen molar-refractivity contribution in [2.45, 2.75) is 4.90 Å². The zero-order valence-electron chi connectivity index (χ0n) is 15.7. The fraction of sp³-hybridized carbons (Fsp3) is 0.0476. The first-order valence-electron chi connectivity index (χ1n) is 8.82. The molecule has 1 N–H and O–H groups in total. The fourth-order valence-corrected chi connectivity index (χ4v) is 4.18. The monoisotopic (exact) mass is 441 g/mol. The Morgan fingerprint density at radius 2 is 1.60 bits per heavy atom. The molecule has 0 bridgehead atoms. The van der Waals surface area contributed by atoms with Crippen LogP contribution in [0.25, 0.3) is 22.9 Å². The summed E-state index contributed by atoms with van der Waals surface area (Å²) in [7, 11) is -2.40. The van der Waals surface area contributed by atoms with Crippen LogP contribution in [0.2, 0.25) is 5.02 Å². The van der Waals surface area contributed by atoms with Crippen molar-refractivity contribution in [3.05, 3.63) is 77.8 Å². The van der Waals surface area contributed by atoms with E-state index in [0.717, 1.165) is 5.56 Å². The molecule has 0 saturated heterocycles. The molecule has 0 fully saturated rings. The maximum atomic E-state index is 12.7. The van der Waals surface area contributed by atoms with E-state index in [1.54, 1.807) is 24.3 Å². The first-order chi connectivity index (χ1) is 14.5. The zero-order chi connectivity index (χ0) is 21.1. The molecule has 0 amide bonds. The molecule has 0 saturated carbocycles. The van der Waals surface area contributed by atoms with Crippen molar-refractivity contribution in [1.29, 1.82) is 0 Å². The van der Waals surface area contributed by atoms with Gasteiger partial charge in [-0.25, -0.2) is 8.42 Å². The molecule has 9 heteroatoms. The van der Waals surface area contributed by atoms with Crippen LogP contribution in [-0.2, 0) is 10.0 Å². The zero-order valence-corrected chi connectivity index (χ0v) is 17.3. The van der Waals surface area contributed by atoms with Gasteiger partial charge in [-0.15, -0.1) is 10.2 Å². The van der Waals surface area contributed by atoms with E-state index in [9.17, 15) is 8.42 Å². The van der Waals surface area contributed by atoms with Crippen LogP contribution in [0.15, 0.2) is 82.1 Å². The first kappa shape index (κ1) is 19.9. The highest BCUT2D eigenvalue weighted by atomic mass is 35.5. The number of hydrogen-bond acceptors (Lipinski definition) is 6. The van der Waals surface area contributed by atoms with Crippen molar-refractivity contribution in [2.75, 3.05) is 11.8 Å². The number of ether oxygens (including phenoxy) is 1. The standard InChI is InChI=1S/C21H16ClN3O4S/c1-28-19-11-10-17(13-18(19)22)30(26,27)25-16-9-5-8-15(12-16)21-24-23-20(29-21)14-6-3-2-4-7-14/h2-13,25H,1H3. The largest absolute Gasteiger partial charge is 0.495 e. The number of benzene rings is 3. The van der Waals surface area contributed by atoms with E-state index < -0.39 is 10.0 Å². The fourth-order valence-electron chi connectivity index (χ4n) is 2.78.